The molecule has 0 aliphatic carbocycles. The topological polar surface area (TPSA) is 84.3 Å². The number of nitrogens with two attached hydrogens (primary N) is 1. The van der Waals surface area contributed by atoms with E-state index in [4.69, 9.17) is 10.5 Å². The van der Waals surface area contributed by atoms with Crippen molar-refractivity contribution in [3.63, 3.8) is 0 Å². The minimum Gasteiger partial charge on any atom is -0.457 e. The molecular weight excluding hydrogens is 402 g/mol. The molecule has 0 spiro atoms. The van der Waals surface area contributed by atoms with Crippen molar-refractivity contribution in [1.29, 1.82) is 0 Å². The molecule has 1 amide bonds. The lowest BCUT2D eigenvalue weighted by Crippen LogP contribution is -2.49. The van der Waals surface area contributed by atoms with Crippen molar-refractivity contribution in [1.82, 2.24) is 14.9 Å². The van der Waals surface area contributed by atoms with Gasteiger partial charge in [0.05, 0.1) is 6.54 Å². The van der Waals surface area contributed by atoms with Crippen LogP contribution in [0.15, 0.2) is 73.6 Å². The van der Waals surface area contributed by atoms with Crippen LogP contribution in [0.25, 0.3) is 0 Å². The molecule has 160 valence electrons. The maximum atomic E-state index is 12.2. The van der Waals surface area contributed by atoms with Crippen molar-refractivity contribution >= 4 is 23.3 Å². The summed E-state index contributed by atoms with van der Waals surface area (Å²) in [5, 5.41) is 0. The van der Waals surface area contributed by atoms with E-state index in [-0.39, 0.29) is 11.9 Å². The first kappa shape index (κ1) is 19.9. The van der Waals surface area contributed by atoms with Crippen LogP contribution >= 0.6 is 0 Å². The summed E-state index contributed by atoms with van der Waals surface area (Å²) in [6, 6.07) is 17.7. The van der Waals surface area contributed by atoms with Crippen molar-refractivity contribution in [2.75, 3.05) is 18.8 Å². The predicted octanol–water partition coefficient (Wildman–Crippen LogP) is 3.52. The Morgan fingerprint density at radius 3 is 2.62 bits per heavy atom. The minimum atomic E-state index is -0.0402. The number of nitrogens with zero attached hydrogens (tertiary/aromatic N) is 4. The second-order valence-electron chi connectivity index (χ2n) is 7.90. The fourth-order valence-electron chi connectivity index (χ4n) is 4.41. The van der Waals surface area contributed by atoms with Gasteiger partial charge in [-0.05, 0) is 60.3 Å². The van der Waals surface area contributed by atoms with Crippen molar-refractivity contribution in [3.8, 4) is 11.5 Å². The molecule has 2 aliphatic heterocycles. The fraction of sp³-hybridized carbons (Fsp3) is 0.200. The van der Waals surface area contributed by atoms with E-state index in [2.05, 4.69) is 21.1 Å². The van der Waals surface area contributed by atoms with Gasteiger partial charge in [-0.3, -0.25) is 4.79 Å². The van der Waals surface area contributed by atoms with Gasteiger partial charge < -0.3 is 15.4 Å². The summed E-state index contributed by atoms with van der Waals surface area (Å²) in [6.45, 7) is 4.99. The molecule has 1 atom stereocenters. The quantitative estimate of drug-likeness (QED) is 0.498. The molecule has 3 aromatic rings. The number of amides is 1. The highest BCUT2D eigenvalue weighted by atomic mass is 16.5. The predicted molar refractivity (Wildman–Crippen MR) is 122 cm³/mol. The van der Waals surface area contributed by atoms with Gasteiger partial charge >= 0.3 is 5.82 Å². The molecule has 0 bridgehead atoms. The Morgan fingerprint density at radius 2 is 1.88 bits per heavy atom. The SMILES string of the molecule is C=CC(=O)N1CCC[C@@H]([N+]2=C(c3ccc(Oc4ccccc4)cc3)c3c(N)ncnc32)C1. The molecule has 5 rings (SSSR count). The molecule has 1 aromatic heterocycles. The molecule has 32 heavy (non-hydrogen) atoms. The average molecular weight is 427 g/mol. The summed E-state index contributed by atoms with van der Waals surface area (Å²) in [7, 11) is 0. The Labute approximate surface area is 186 Å². The third kappa shape index (κ3) is 3.51. The van der Waals surface area contributed by atoms with Gasteiger partial charge in [-0.2, -0.15) is 4.98 Å². The van der Waals surface area contributed by atoms with Crippen LogP contribution in [0.5, 0.6) is 11.5 Å². The van der Waals surface area contributed by atoms with Gasteiger partial charge in [-0.1, -0.05) is 24.8 Å². The van der Waals surface area contributed by atoms with Gasteiger partial charge in [0.25, 0.3) is 0 Å². The zero-order valence-electron chi connectivity index (χ0n) is 17.6. The van der Waals surface area contributed by atoms with E-state index >= 15 is 0 Å². The first-order chi connectivity index (χ1) is 15.7. The summed E-state index contributed by atoms with van der Waals surface area (Å²) < 4.78 is 8.13. The number of ether oxygens (including phenoxy) is 1. The number of carbonyl (C=O) groups is 1. The van der Waals surface area contributed by atoms with E-state index in [9.17, 15) is 4.79 Å². The number of carbonyl (C=O) groups excluding carboxylic acids is 1. The van der Waals surface area contributed by atoms with Crippen LogP contribution in [0.4, 0.5) is 11.6 Å². The number of hydrogen-bond donors (Lipinski definition) is 1. The first-order valence-corrected chi connectivity index (χ1v) is 10.7. The van der Waals surface area contributed by atoms with Gasteiger partial charge in [-0.25, -0.2) is 4.58 Å². The van der Waals surface area contributed by atoms with Crippen LogP contribution in [0.1, 0.15) is 24.0 Å². The second-order valence-corrected chi connectivity index (χ2v) is 7.90. The number of para-hydroxylation sites is 1. The van der Waals surface area contributed by atoms with Gasteiger partial charge in [0.1, 0.15) is 23.4 Å². The molecule has 2 N–H and O–H groups in total. The highest BCUT2D eigenvalue weighted by Gasteiger charge is 2.44. The summed E-state index contributed by atoms with van der Waals surface area (Å²) >= 11 is 0. The maximum Gasteiger partial charge on any atom is 0.341 e. The van der Waals surface area contributed by atoms with Crippen molar-refractivity contribution in [2.45, 2.75) is 18.9 Å². The minimum absolute atomic E-state index is 0.0402. The molecule has 0 saturated carbocycles. The summed E-state index contributed by atoms with van der Waals surface area (Å²) in [5.41, 5.74) is 9.07. The molecule has 0 radical (unpaired) electrons. The lowest BCUT2D eigenvalue weighted by molar-refractivity contribution is -0.503. The molecule has 7 nitrogen and oxygen atoms in total. The average Bonchev–Trinajstić information content (AvgIpc) is 2.82. The van der Waals surface area contributed by atoms with Gasteiger partial charge in [-0.15, -0.1) is 0 Å². The maximum absolute atomic E-state index is 12.2. The Kier molecular flexibility index (Phi) is 5.15. The third-order valence-electron chi connectivity index (χ3n) is 5.92. The number of rotatable bonds is 5. The lowest BCUT2D eigenvalue weighted by Gasteiger charge is -2.35. The number of nitrogen functional groups attached to an aromatic ring is 1. The standard InChI is InChI=1S/C25H23N5O2/c1-2-21(31)29-14-6-7-18(15-29)30-23(22-24(26)27-16-28-25(22)30)17-10-12-20(13-11-17)32-19-8-4-3-5-9-19/h2-5,8-13,16,18,26H,1,6-7,14-15H2/p+1/t18-/m1/s1. The van der Waals surface area contributed by atoms with Crippen LogP contribution in [0.2, 0.25) is 0 Å². The fourth-order valence-corrected chi connectivity index (χ4v) is 4.41. The highest BCUT2D eigenvalue weighted by Crippen LogP contribution is 2.37. The summed E-state index contributed by atoms with van der Waals surface area (Å²) in [6.07, 6.45) is 4.75. The molecular formula is C25H24N5O2+. The second kappa shape index (κ2) is 8.26. The van der Waals surface area contributed by atoms with E-state index in [0.29, 0.717) is 12.4 Å². The molecule has 1 saturated heterocycles. The van der Waals surface area contributed by atoms with Crippen LogP contribution < -0.4 is 10.5 Å². The van der Waals surface area contributed by atoms with Gasteiger partial charge in [0, 0.05) is 12.1 Å². The molecule has 2 aromatic carbocycles. The van der Waals surface area contributed by atoms with Crippen LogP contribution in [0.3, 0.4) is 0 Å². The molecule has 7 heteroatoms. The van der Waals surface area contributed by atoms with Crippen molar-refractivity contribution in [3.05, 3.63) is 84.7 Å². The number of likely N-dealkylation sites (tertiary alicyclic amines) is 1. The Bertz CT molecular complexity index is 1200. The van der Waals surface area contributed by atoms with Crippen LogP contribution in [-0.4, -0.2) is 50.2 Å². The zero-order chi connectivity index (χ0) is 22.1. The molecule has 0 unspecified atom stereocenters. The first-order valence-electron chi connectivity index (χ1n) is 10.7. The number of aromatic nitrogens is 2. The van der Waals surface area contributed by atoms with Crippen LogP contribution in [0, 0.1) is 0 Å². The number of benzene rings is 2. The van der Waals surface area contributed by atoms with Crippen molar-refractivity contribution in [2.24, 2.45) is 0 Å². The zero-order valence-corrected chi connectivity index (χ0v) is 17.6. The Balaban J connectivity index is 1.48. The van der Waals surface area contributed by atoms with Gasteiger partial charge in [0.2, 0.25) is 12.2 Å². The lowest BCUT2D eigenvalue weighted by atomic mass is 9.93. The van der Waals surface area contributed by atoms with Crippen molar-refractivity contribution < 1.29 is 14.1 Å². The normalized spacial score (nSPS) is 17.4. The van der Waals surface area contributed by atoms with E-state index in [0.717, 1.165) is 53.5 Å². The number of piperidine rings is 1. The molecule has 3 heterocycles. The van der Waals surface area contributed by atoms with E-state index in [1.165, 1.54) is 12.4 Å². The van der Waals surface area contributed by atoms with Crippen LogP contribution in [-0.2, 0) is 4.79 Å². The highest BCUT2D eigenvalue weighted by molar-refractivity contribution is 6.18. The molecule has 2 aliphatic rings. The number of fused-ring (bicyclic) bond motifs is 1. The summed E-state index contributed by atoms with van der Waals surface area (Å²) in [5.74, 6) is 2.78. The monoisotopic (exact) mass is 426 g/mol. The van der Waals surface area contributed by atoms with Gasteiger partial charge in [0.15, 0.2) is 11.3 Å². The number of anilines is 1. The Morgan fingerprint density at radius 1 is 1.12 bits per heavy atom. The third-order valence-corrected chi connectivity index (χ3v) is 5.92. The van der Waals surface area contributed by atoms with E-state index in [1.54, 1.807) is 0 Å². The van der Waals surface area contributed by atoms with E-state index in [1.807, 2.05) is 59.5 Å². The largest absolute Gasteiger partial charge is 0.457 e. The molecule has 1 fully saturated rings. The number of hydrogen-bond acceptors (Lipinski definition) is 5. The summed E-state index contributed by atoms with van der Waals surface area (Å²) in [4.78, 5) is 22.7. The van der Waals surface area contributed by atoms with E-state index < -0.39 is 0 Å². The Hall–Kier alpha value is -4.00. The smallest absolute Gasteiger partial charge is 0.341 e.